The van der Waals surface area contributed by atoms with E-state index in [1.165, 1.54) is 12.0 Å². The lowest BCUT2D eigenvalue weighted by molar-refractivity contribution is -0.140. The Labute approximate surface area is 133 Å². The maximum Gasteiger partial charge on any atom is 0.305 e. The monoisotopic (exact) mass is 323 g/mol. The molecular formula is C16H18ClNO4. The summed E-state index contributed by atoms with van der Waals surface area (Å²) in [4.78, 5) is 25.1. The van der Waals surface area contributed by atoms with Gasteiger partial charge in [-0.3, -0.25) is 9.59 Å². The fourth-order valence-electron chi connectivity index (χ4n) is 2.25. The van der Waals surface area contributed by atoms with E-state index >= 15 is 0 Å². The number of carbonyl (C=O) groups excluding carboxylic acids is 2. The number of para-hydroxylation sites is 1. The molecule has 0 bridgehead atoms. The van der Waals surface area contributed by atoms with E-state index in [9.17, 15) is 9.59 Å². The second-order valence-electron chi connectivity index (χ2n) is 5.08. The zero-order valence-electron chi connectivity index (χ0n) is 12.8. The zero-order valence-corrected chi connectivity index (χ0v) is 13.6. The van der Waals surface area contributed by atoms with Crippen LogP contribution >= 0.6 is 11.6 Å². The number of halogens is 1. The molecule has 22 heavy (non-hydrogen) atoms. The number of ether oxygens (including phenoxy) is 1. The molecule has 0 aliphatic carbocycles. The molecule has 5 nitrogen and oxygen atoms in total. The Bertz CT molecular complexity index is 707. The van der Waals surface area contributed by atoms with Crippen LogP contribution in [0.5, 0.6) is 0 Å². The molecule has 0 radical (unpaired) electrons. The van der Waals surface area contributed by atoms with Gasteiger partial charge >= 0.3 is 5.97 Å². The first-order chi connectivity index (χ1) is 10.5. The van der Waals surface area contributed by atoms with E-state index < -0.39 is 0 Å². The average molecular weight is 324 g/mol. The van der Waals surface area contributed by atoms with Crippen LogP contribution in [0.3, 0.4) is 0 Å². The minimum absolute atomic E-state index is 0.227. The van der Waals surface area contributed by atoms with Crippen molar-refractivity contribution in [1.29, 1.82) is 0 Å². The van der Waals surface area contributed by atoms with E-state index in [4.69, 9.17) is 16.0 Å². The predicted octanol–water partition coefficient (Wildman–Crippen LogP) is 3.42. The van der Waals surface area contributed by atoms with Crippen LogP contribution in [0.25, 0.3) is 11.0 Å². The summed E-state index contributed by atoms with van der Waals surface area (Å²) in [6.45, 7) is 2.27. The van der Waals surface area contributed by atoms with Gasteiger partial charge in [-0.25, -0.2) is 0 Å². The Morgan fingerprint density at radius 2 is 2.09 bits per heavy atom. The molecule has 0 atom stereocenters. The standard InChI is InChI=1S/C16H18ClNO4/c1-10-11-6-4-7-12(17)15(11)22-14(10)16(20)18(2)9-5-8-13(19)21-3/h4,6-7H,5,8-9H2,1-3H3. The number of amides is 1. The topological polar surface area (TPSA) is 59.8 Å². The number of methoxy groups -OCH3 is 1. The van der Waals surface area contributed by atoms with Gasteiger partial charge in [-0.15, -0.1) is 0 Å². The molecular weight excluding hydrogens is 306 g/mol. The molecule has 0 aliphatic rings. The highest BCUT2D eigenvalue weighted by atomic mass is 35.5. The number of benzene rings is 1. The third-order valence-corrected chi connectivity index (χ3v) is 3.86. The fraction of sp³-hybridized carbons (Fsp3) is 0.375. The van der Waals surface area contributed by atoms with Crippen molar-refractivity contribution in [3.63, 3.8) is 0 Å². The molecule has 0 saturated heterocycles. The zero-order chi connectivity index (χ0) is 16.3. The third-order valence-electron chi connectivity index (χ3n) is 3.56. The Balaban J connectivity index is 2.14. The molecule has 0 N–H and O–H groups in total. The number of carbonyl (C=O) groups is 2. The van der Waals surface area contributed by atoms with Gasteiger partial charge in [0.15, 0.2) is 11.3 Å². The molecule has 1 amide bonds. The SMILES string of the molecule is COC(=O)CCCN(C)C(=O)c1oc2c(Cl)cccc2c1C. The van der Waals surface area contributed by atoms with Gasteiger partial charge in [0.25, 0.3) is 5.91 Å². The molecule has 0 spiro atoms. The smallest absolute Gasteiger partial charge is 0.305 e. The van der Waals surface area contributed by atoms with Crippen molar-refractivity contribution in [3.05, 3.63) is 34.5 Å². The molecule has 2 aromatic rings. The predicted molar refractivity (Wildman–Crippen MR) is 84.2 cm³/mol. The van der Waals surface area contributed by atoms with Crippen LogP contribution in [0.1, 0.15) is 29.0 Å². The van der Waals surface area contributed by atoms with E-state index in [0.717, 1.165) is 10.9 Å². The van der Waals surface area contributed by atoms with Crippen LogP contribution in [0.4, 0.5) is 0 Å². The molecule has 1 aromatic carbocycles. The van der Waals surface area contributed by atoms with E-state index in [1.807, 2.05) is 19.1 Å². The minimum atomic E-state index is -0.285. The van der Waals surface area contributed by atoms with Crippen molar-refractivity contribution < 1.29 is 18.7 Å². The van der Waals surface area contributed by atoms with Crippen LogP contribution in [-0.4, -0.2) is 37.5 Å². The summed E-state index contributed by atoms with van der Waals surface area (Å²) in [5, 5.41) is 1.31. The number of hydrogen-bond acceptors (Lipinski definition) is 4. The lowest BCUT2D eigenvalue weighted by Gasteiger charge is -2.15. The van der Waals surface area contributed by atoms with Gasteiger partial charge in [-0.1, -0.05) is 23.7 Å². The highest BCUT2D eigenvalue weighted by molar-refractivity contribution is 6.35. The van der Waals surface area contributed by atoms with Crippen molar-refractivity contribution in [3.8, 4) is 0 Å². The molecule has 0 aliphatic heterocycles. The first-order valence-corrected chi connectivity index (χ1v) is 7.33. The summed E-state index contributed by atoms with van der Waals surface area (Å²) in [5.74, 6) is -0.231. The fourth-order valence-corrected chi connectivity index (χ4v) is 2.46. The second-order valence-corrected chi connectivity index (χ2v) is 5.49. The van der Waals surface area contributed by atoms with Crippen molar-refractivity contribution in [1.82, 2.24) is 4.90 Å². The number of aryl methyl sites for hydroxylation is 1. The van der Waals surface area contributed by atoms with Gasteiger partial charge in [0.05, 0.1) is 12.1 Å². The van der Waals surface area contributed by atoms with E-state index in [1.54, 1.807) is 13.1 Å². The number of fused-ring (bicyclic) bond motifs is 1. The number of hydrogen-bond donors (Lipinski definition) is 0. The highest BCUT2D eigenvalue weighted by Gasteiger charge is 2.21. The normalized spacial score (nSPS) is 10.7. The van der Waals surface area contributed by atoms with Gasteiger partial charge in [0, 0.05) is 31.0 Å². The Morgan fingerprint density at radius 3 is 2.73 bits per heavy atom. The number of nitrogens with zero attached hydrogens (tertiary/aromatic N) is 1. The summed E-state index contributed by atoms with van der Waals surface area (Å²) < 4.78 is 10.2. The van der Waals surface area contributed by atoms with Crippen LogP contribution in [0, 0.1) is 6.92 Å². The Morgan fingerprint density at radius 1 is 1.36 bits per heavy atom. The van der Waals surface area contributed by atoms with Gasteiger partial charge in [-0.05, 0) is 19.4 Å². The van der Waals surface area contributed by atoms with Crippen molar-refractivity contribution in [2.24, 2.45) is 0 Å². The number of esters is 1. The summed E-state index contributed by atoms with van der Waals surface area (Å²) in [6, 6.07) is 5.41. The van der Waals surface area contributed by atoms with Crippen LogP contribution < -0.4 is 0 Å². The maximum absolute atomic E-state index is 12.5. The van der Waals surface area contributed by atoms with E-state index in [2.05, 4.69) is 4.74 Å². The molecule has 6 heteroatoms. The van der Waals surface area contributed by atoms with Gasteiger partial charge in [0.2, 0.25) is 0 Å². The molecule has 0 unspecified atom stereocenters. The molecule has 2 rings (SSSR count). The van der Waals surface area contributed by atoms with Crippen LogP contribution in [0.15, 0.2) is 22.6 Å². The average Bonchev–Trinajstić information content (AvgIpc) is 2.85. The van der Waals surface area contributed by atoms with Crippen molar-refractivity contribution in [2.45, 2.75) is 19.8 Å². The van der Waals surface area contributed by atoms with Crippen molar-refractivity contribution in [2.75, 3.05) is 20.7 Å². The lowest BCUT2D eigenvalue weighted by Crippen LogP contribution is -2.28. The lowest BCUT2D eigenvalue weighted by atomic mass is 10.1. The molecule has 1 heterocycles. The quantitative estimate of drug-likeness (QED) is 0.791. The minimum Gasteiger partial charge on any atom is -0.469 e. The molecule has 118 valence electrons. The molecule has 1 aromatic heterocycles. The second kappa shape index (κ2) is 6.83. The van der Waals surface area contributed by atoms with Gasteiger partial charge in [-0.2, -0.15) is 0 Å². The molecule has 0 saturated carbocycles. The largest absolute Gasteiger partial charge is 0.469 e. The van der Waals surface area contributed by atoms with Crippen molar-refractivity contribution >= 4 is 34.4 Å². The first kappa shape index (κ1) is 16.4. The molecule has 0 fully saturated rings. The summed E-state index contributed by atoms with van der Waals surface area (Å²) in [5.41, 5.74) is 1.29. The van der Waals surface area contributed by atoms with E-state index in [0.29, 0.717) is 23.6 Å². The summed E-state index contributed by atoms with van der Waals surface area (Å²) in [6.07, 6.45) is 0.813. The number of furan rings is 1. The summed E-state index contributed by atoms with van der Waals surface area (Å²) >= 11 is 6.09. The Kier molecular flexibility index (Phi) is 5.08. The Hall–Kier alpha value is -2.01. The van der Waals surface area contributed by atoms with Crippen LogP contribution in [0.2, 0.25) is 5.02 Å². The highest BCUT2D eigenvalue weighted by Crippen LogP contribution is 2.31. The third kappa shape index (κ3) is 3.25. The van der Waals surface area contributed by atoms with Gasteiger partial charge in [0.1, 0.15) is 0 Å². The maximum atomic E-state index is 12.5. The van der Waals surface area contributed by atoms with E-state index in [-0.39, 0.29) is 24.1 Å². The van der Waals surface area contributed by atoms with Gasteiger partial charge < -0.3 is 14.1 Å². The number of rotatable bonds is 5. The van der Waals surface area contributed by atoms with Crippen LogP contribution in [-0.2, 0) is 9.53 Å². The summed E-state index contributed by atoms with van der Waals surface area (Å²) in [7, 11) is 3.02. The first-order valence-electron chi connectivity index (χ1n) is 6.95.